The SMILES string of the molecule is CCN1CCN(C(=O)CNc2ccc(F)cc2F)CC1. The average Bonchev–Trinajstić information content (AvgIpc) is 2.46. The molecule has 1 aromatic carbocycles. The van der Waals surface area contributed by atoms with E-state index in [-0.39, 0.29) is 18.1 Å². The number of nitrogens with zero attached hydrogens (tertiary/aromatic N) is 2. The van der Waals surface area contributed by atoms with Crippen LogP contribution in [0.2, 0.25) is 0 Å². The van der Waals surface area contributed by atoms with Crippen molar-refractivity contribution in [1.82, 2.24) is 9.80 Å². The molecule has 1 fully saturated rings. The number of nitrogens with one attached hydrogen (secondary N) is 1. The van der Waals surface area contributed by atoms with E-state index < -0.39 is 11.6 Å². The van der Waals surface area contributed by atoms with Crippen molar-refractivity contribution in [3.8, 4) is 0 Å². The molecule has 4 nitrogen and oxygen atoms in total. The number of rotatable bonds is 4. The zero-order valence-electron chi connectivity index (χ0n) is 11.5. The second-order valence-corrected chi connectivity index (χ2v) is 4.79. The molecule has 1 aliphatic rings. The number of hydrogen-bond acceptors (Lipinski definition) is 3. The number of carbonyl (C=O) groups excluding carboxylic acids is 1. The summed E-state index contributed by atoms with van der Waals surface area (Å²) in [6.07, 6.45) is 0. The first-order chi connectivity index (χ1) is 9.60. The minimum atomic E-state index is -0.686. The number of piperazine rings is 1. The highest BCUT2D eigenvalue weighted by Gasteiger charge is 2.19. The second-order valence-electron chi connectivity index (χ2n) is 4.79. The Bertz CT molecular complexity index is 473. The standard InChI is InChI=1S/C14H19F2N3O/c1-2-18-5-7-19(8-6-18)14(20)10-17-13-4-3-11(15)9-12(13)16/h3-4,9,17H,2,5-8,10H2,1H3. The Morgan fingerprint density at radius 3 is 2.55 bits per heavy atom. The van der Waals surface area contributed by atoms with Crippen molar-refractivity contribution in [1.29, 1.82) is 0 Å². The third kappa shape index (κ3) is 3.66. The third-order valence-corrected chi connectivity index (χ3v) is 3.53. The number of benzene rings is 1. The summed E-state index contributed by atoms with van der Waals surface area (Å²) in [4.78, 5) is 16.0. The van der Waals surface area contributed by atoms with Crippen LogP contribution in [0.15, 0.2) is 18.2 Å². The van der Waals surface area contributed by atoms with Crippen molar-refractivity contribution in [3.63, 3.8) is 0 Å². The number of carbonyl (C=O) groups is 1. The van der Waals surface area contributed by atoms with E-state index in [0.29, 0.717) is 13.1 Å². The van der Waals surface area contributed by atoms with Gasteiger partial charge in [-0.3, -0.25) is 4.79 Å². The molecule has 20 heavy (non-hydrogen) atoms. The molecule has 1 saturated heterocycles. The fraction of sp³-hybridized carbons (Fsp3) is 0.500. The van der Waals surface area contributed by atoms with Crippen LogP contribution in [0.25, 0.3) is 0 Å². The van der Waals surface area contributed by atoms with E-state index in [9.17, 15) is 13.6 Å². The van der Waals surface area contributed by atoms with Crippen LogP contribution in [0.5, 0.6) is 0 Å². The van der Waals surface area contributed by atoms with E-state index >= 15 is 0 Å². The lowest BCUT2D eigenvalue weighted by molar-refractivity contribution is -0.131. The fourth-order valence-electron chi connectivity index (χ4n) is 2.23. The summed E-state index contributed by atoms with van der Waals surface area (Å²) >= 11 is 0. The van der Waals surface area contributed by atoms with Crippen LogP contribution in [-0.4, -0.2) is 55.0 Å². The highest BCUT2D eigenvalue weighted by Crippen LogP contribution is 2.14. The van der Waals surface area contributed by atoms with Crippen molar-refractivity contribution < 1.29 is 13.6 Å². The van der Waals surface area contributed by atoms with E-state index in [1.165, 1.54) is 6.07 Å². The predicted molar refractivity (Wildman–Crippen MR) is 73.5 cm³/mol. The van der Waals surface area contributed by atoms with Gasteiger partial charge in [-0.25, -0.2) is 8.78 Å². The Morgan fingerprint density at radius 1 is 1.25 bits per heavy atom. The topological polar surface area (TPSA) is 35.6 Å². The monoisotopic (exact) mass is 283 g/mol. The molecule has 1 amide bonds. The molecule has 0 radical (unpaired) electrons. The van der Waals surface area contributed by atoms with E-state index in [1.807, 2.05) is 0 Å². The maximum atomic E-state index is 13.4. The van der Waals surface area contributed by atoms with Crippen LogP contribution in [0.3, 0.4) is 0 Å². The second kappa shape index (κ2) is 6.65. The van der Waals surface area contributed by atoms with E-state index in [0.717, 1.165) is 31.8 Å². The Balaban J connectivity index is 1.83. The summed E-state index contributed by atoms with van der Waals surface area (Å²) in [6.45, 7) is 6.23. The minimum Gasteiger partial charge on any atom is -0.374 e. The van der Waals surface area contributed by atoms with Gasteiger partial charge in [0.05, 0.1) is 12.2 Å². The first-order valence-electron chi connectivity index (χ1n) is 6.79. The fourth-order valence-corrected chi connectivity index (χ4v) is 2.23. The smallest absolute Gasteiger partial charge is 0.241 e. The summed E-state index contributed by atoms with van der Waals surface area (Å²) in [5.41, 5.74) is 0.145. The lowest BCUT2D eigenvalue weighted by Crippen LogP contribution is -2.49. The van der Waals surface area contributed by atoms with Crippen LogP contribution in [0.4, 0.5) is 14.5 Å². The maximum Gasteiger partial charge on any atom is 0.241 e. The molecule has 1 heterocycles. The molecule has 1 N–H and O–H groups in total. The van der Waals surface area contributed by atoms with Crippen molar-refractivity contribution in [2.24, 2.45) is 0 Å². The molecule has 0 saturated carbocycles. The van der Waals surface area contributed by atoms with Gasteiger partial charge in [0.2, 0.25) is 5.91 Å². The molecule has 0 aromatic heterocycles. The van der Waals surface area contributed by atoms with Crippen LogP contribution >= 0.6 is 0 Å². The van der Waals surface area contributed by atoms with Gasteiger partial charge in [-0.05, 0) is 18.7 Å². The van der Waals surface area contributed by atoms with Gasteiger partial charge < -0.3 is 15.1 Å². The molecule has 0 spiro atoms. The summed E-state index contributed by atoms with van der Waals surface area (Å²) in [5.74, 6) is -1.38. The zero-order chi connectivity index (χ0) is 14.5. The van der Waals surface area contributed by atoms with E-state index in [4.69, 9.17) is 0 Å². The van der Waals surface area contributed by atoms with Crippen molar-refractivity contribution >= 4 is 11.6 Å². The summed E-state index contributed by atoms with van der Waals surface area (Å²) in [5, 5.41) is 2.72. The number of amides is 1. The van der Waals surface area contributed by atoms with Crippen LogP contribution in [-0.2, 0) is 4.79 Å². The van der Waals surface area contributed by atoms with Gasteiger partial charge >= 0.3 is 0 Å². The first kappa shape index (κ1) is 14.7. The van der Waals surface area contributed by atoms with E-state index in [1.54, 1.807) is 4.90 Å². The molecular weight excluding hydrogens is 264 g/mol. The highest BCUT2D eigenvalue weighted by molar-refractivity contribution is 5.81. The molecule has 0 bridgehead atoms. The minimum absolute atomic E-state index is 0.0225. The number of likely N-dealkylation sites (N-methyl/N-ethyl adjacent to an activating group) is 1. The van der Waals surface area contributed by atoms with Gasteiger partial charge in [0.1, 0.15) is 11.6 Å². The molecule has 1 aromatic rings. The largest absolute Gasteiger partial charge is 0.374 e. The predicted octanol–water partition coefficient (Wildman–Crippen LogP) is 1.54. The van der Waals surface area contributed by atoms with Crippen molar-refractivity contribution in [3.05, 3.63) is 29.8 Å². The molecular formula is C14H19F2N3O. The van der Waals surface area contributed by atoms with Gasteiger partial charge in [0.15, 0.2) is 0 Å². The summed E-state index contributed by atoms with van der Waals surface area (Å²) in [7, 11) is 0. The highest BCUT2D eigenvalue weighted by atomic mass is 19.1. The van der Waals surface area contributed by atoms with Crippen molar-refractivity contribution in [2.75, 3.05) is 44.6 Å². The van der Waals surface area contributed by atoms with Gasteiger partial charge in [-0.2, -0.15) is 0 Å². The quantitative estimate of drug-likeness (QED) is 0.910. The van der Waals surface area contributed by atoms with Gasteiger partial charge in [0.25, 0.3) is 0 Å². The third-order valence-electron chi connectivity index (χ3n) is 3.53. The molecule has 6 heteroatoms. The lowest BCUT2D eigenvalue weighted by atomic mass is 10.3. The van der Waals surface area contributed by atoms with Crippen LogP contribution in [0.1, 0.15) is 6.92 Å². The van der Waals surface area contributed by atoms with Gasteiger partial charge in [-0.1, -0.05) is 6.92 Å². The Morgan fingerprint density at radius 2 is 1.95 bits per heavy atom. The molecule has 110 valence electrons. The first-order valence-corrected chi connectivity index (χ1v) is 6.79. The number of hydrogen-bond donors (Lipinski definition) is 1. The van der Waals surface area contributed by atoms with Crippen molar-refractivity contribution in [2.45, 2.75) is 6.92 Å². The maximum absolute atomic E-state index is 13.4. The lowest BCUT2D eigenvalue weighted by Gasteiger charge is -2.34. The Labute approximate surface area is 117 Å². The normalized spacial score (nSPS) is 16.2. The van der Waals surface area contributed by atoms with Crippen LogP contribution < -0.4 is 5.32 Å². The molecule has 0 atom stereocenters. The Hall–Kier alpha value is -1.69. The zero-order valence-corrected chi connectivity index (χ0v) is 11.5. The molecule has 1 aliphatic heterocycles. The number of anilines is 1. The Kier molecular flexibility index (Phi) is 4.89. The number of halogens is 2. The molecule has 0 unspecified atom stereocenters. The average molecular weight is 283 g/mol. The molecule has 0 aliphatic carbocycles. The van der Waals surface area contributed by atoms with Crippen LogP contribution in [0, 0.1) is 11.6 Å². The van der Waals surface area contributed by atoms with E-state index in [2.05, 4.69) is 17.1 Å². The summed E-state index contributed by atoms with van der Waals surface area (Å²) in [6, 6.07) is 3.26. The summed E-state index contributed by atoms with van der Waals surface area (Å²) < 4.78 is 26.2. The van der Waals surface area contributed by atoms with Gasteiger partial charge in [0, 0.05) is 32.2 Å². The molecule has 2 rings (SSSR count). The van der Waals surface area contributed by atoms with Gasteiger partial charge in [-0.15, -0.1) is 0 Å².